The summed E-state index contributed by atoms with van der Waals surface area (Å²) in [6.45, 7) is 2.79. The Hall–Kier alpha value is -1.20. The monoisotopic (exact) mass is 430 g/mol. The Kier molecular flexibility index (Phi) is 13.9. The molecule has 0 aromatic heterocycles. The van der Waals surface area contributed by atoms with Gasteiger partial charge in [0.2, 0.25) is 0 Å². The number of hydrogen-bond donors (Lipinski definition) is 2. The summed E-state index contributed by atoms with van der Waals surface area (Å²) in [6, 6.07) is 0. The number of rotatable bonds is 17. The van der Waals surface area contributed by atoms with Gasteiger partial charge in [-0.3, -0.25) is 9.59 Å². The van der Waals surface area contributed by atoms with Crippen molar-refractivity contribution in [1.29, 1.82) is 0 Å². The van der Waals surface area contributed by atoms with Gasteiger partial charge in [-0.1, -0.05) is 12.8 Å². The van der Waals surface area contributed by atoms with Crippen molar-refractivity contribution in [2.45, 2.75) is 88.8 Å². The molecule has 30 heavy (non-hydrogen) atoms. The zero-order valence-corrected chi connectivity index (χ0v) is 18.0. The molecule has 0 aromatic rings. The van der Waals surface area contributed by atoms with E-state index in [1.165, 1.54) is 0 Å². The molecule has 172 valence electrons. The lowest BCUT2D eigenvalue weighted by atomic mass is 9.84. The standard InChI is InChI=1S/C20H35BO9/c1-14(29-15(22)9-6-4-8-12-28-21)13-27-19-17(24)18(25)20(19)30-16(23)10-5-3-7-11-26-2/h14,17-20,24-25H,3-13H2,1-2H3. The van der Waals surface area contributed by atoms with Gasteiger partial charge in [0.25, 0.3) is 8.05 Å². The van der Waals surface area contributed by atoms with Gasteiger partial charge in [-0.2, -0.15) is 0 Å². The summed E-state index contributed by atoms with van der Waals surface area (Å²) in [5, 5.41) is 19.8. The molecule has 9 nitrogen and oxygen atoms in total. The van der Waals surface area contributed by atoms with Crippen LogP contribution in [0.1, 0.15) is 58.3 Å². The van der Waals surface area contributed by atoms with Crippen LogP contribution < -0.4 is 0 Å². The SMILES string of the molecule is [B]OCCCCCC(=O)OC(C)COC1C(O)C(O)C1OC(=O)CCCCCOC. The van der Waals surface area contributed by atoms with E-state index >= 15 is 0 Å². The van der Waals surface area contributed by atoms with Gasteiger partial charge in [0.1, 0.15) is 24.4 Å². The van der Waals surface area contributed by atoms with E-state index in [0.717, 1.165) is 25.7 Å². The van der Waals surface area contributed by atoms with Crippen LogP contribution in [0.25, 0.3) is 0 Å². The van der Waals surface area contributed by atoms with Crippen molar-refractivity contribution in [1.82, 2.24) is 0 Å². The van der Waals surface area contributed by atoms with Crippen LogP contribution in [0.4, 0.5) is 0 Å². The molecule has 2 N–H and O–H groups in total. The highest BCUT2D eigenvalue weighted by molar-refractivity contribution is 5.97. The molecule has 5 atom stereocenters. The van der Waals surface area contributed by atoms with Gasteiger partial charge >= 0.3 is 11.9 Å². The van der Waals surface area contributed by atoms with Crippen molar-refractivity contribution >= 4 is 20.0 Å². The largest absolute Gasteiger partial charge is 0.460 e. The van der Waals surface area contributed by atoms with Gasteiger partial charge in [0.05, 0.1) is 6.61 Å². The van der Waals surface area contributed by atoms with Crippen LogP contribution >= 0.6 is 0 Å². The average Bonchev–Trinajstić information content (AvgIpc) is 2.72. The molecule has 0 aromatic carbocycles. The van der Waals surface area contributed by atoms with Gasteiger partial charge in [0, 0.05) is 33.2 Å². The minimum absolute atomic E-state index is 0.0201. The third kappa shape index (κ3) is 10.2. The molecule has 10 heteroatoms. The molecule has 0 heterocycles. The molecule has 0 amide bonds. The Bertz CT molecular complexity index is 491. The smallest absolute Gasteiger partial charge is 0.306 e. The molecule has 2 radical (unpaired) electrons. The van der Waals surface area contributed by atoms with E-state index in [0.29, 0.717) is 26.1 Å². The maximum Gasteiger partial charge on any atom is 0.306 e. The van der Waals surface area contributed by atoms with Crippen LogP contribution in [0.3, 0.4) is 0 Å². The van der Waals surface area contributed by atoms with Crippen molar-refractivity contribution in [3.63, 3.8) is 0 Å². The number of esters is 2. The van der Waals surface area contributed by atoms with Gasteiger partial charge in [-0.15, -0.1) is 0 Å². The van der Waals surface area contributed by atoms with Crippen LogP contribution in [0, 0.1) is 0 Å². The van der Waals surface area contributed by atoms with Crippen LogP contribution in [0.5, 0.6) is 0 Å². The Labute approximate surface area is 179 Å². The molecule has 5 unspecified atom stereocenters. The minimum Gasteiger partial charge on any atom is -0.460 e. The molecule has 1 aliphatic carbocycles. The van der Waals surface area contributed by atoms with E-state index in [2.05, 4.69) is 4.65 Å². The quantitative estimate of drug-likeness (QED) is 0.196. The molecule has 1 aliphatic rings. The minimum atomic E-state index is -1.19. The highest BCUT2D eigenvalue weighted by Crippen LogP contribution is 2.29. The second kappa shape index (κ2) is 15.6. The Morgan fingerprint density at radius 1 is 0.900 bits per heavy atom. The van der Waals surface area contributed by atoms with Crippen LogP contribution in [-0.4, -0.2) is 87.7 Å². The normalized spacial score (nSPS) is 24.1. The number of hydrogen-bond acceptors (Lipinski definition) is 9. The van der Waals surface area contributed by atoms with Crippen LogP contribution in [-0.2, 0) is 33.2 Å². The summed E-state index contributed by atoms with van der Waals surface area (Å²) >= 11 is 0. The summed E-state index contributed by atoms with van der Waals surface area (Å²) in [5.41, 5.74) is 0. The zero-order chi connectivity index (χ0) is 22.4. The van der Waals surface area contributed by atoms with Gasteiger partial charge in [-0.05, 0) is 32.6 Å². The number of methoxy groups -OCH3 is 1. The lowest BCUT2D eigenvalue weighted by molar-refractivity contribution is -0.255. The van der Waals surface area contributed by atoms with E-state index in [1.54, 1.807) is 14.0 Å². The van der Waals surface area contributed by atoms with E-state index < -0.39 is 36.5 Å². The first-order chi connectivity index (χ1) is 14.4. The summed E-state index contributed by atoms with van der Waals surface area (Å²) < 4.78 is 25.5. The molecule has 1 fully saturated rings. The Balaban J connectivity index is 2.25. The lowest BCUT2D eigenvalue weighted by Crippen LogP contribution is -2.66. The first kappa shape index (κ1) is 26.8. The maximum atomic E-state index is 11.9. The molecule has 1 rings (SSSR count). The number of unbranched alkanes of at least 4 members (excludes halogenated alkanes) is 4. The van der Waals surface area contributed by atoms with Gasteiger partial charge in [-0.25, -0.2) is 0 Å². The predicted octanol–water partition coefficient (Wildman–Crippen LogP) is 0.818. The van der Waals surface area contributed by atoms with Crippen LogP contribution in [0.15, 0.2) is 0 Å². The summed E-state index contributed by atoms with van der Waals surface area (Å²) in [4.78, 5) is 23.7. The number of aliphatic hydroxyl groups excluding tert-OH is 2. The molecule has 0 aliphatic heterocycles. The highest BCUT2D eigenvalue weighted by atomic mass is 16.6. The molecule has 0 spiro atoms. The van der Waals surface area contributed by atoms with E-state index in [-0.39, 0.29) is 25.4 Å². The van der Waals surface area contributed by atoms with Crippen molar-refractivity contribution < 1.29 is 43.4 Å². The first-order valence-corrected chi connectivity index (χ1v) is 10.6. The Morgan fingerprint density at radius 2 is 1.50 bits per heavy atom. The number of ether oxygens (including phenoxy) is 4. The summed E-state index contributed by atoms with van der Waals surface area (Å²) in [5.74, 6) is -0.790. The van der Waals surface area contributed by atoms with Crippen LogP contribution in [0.2, 0.25) is 0 Å². The summed E-state index contributed by atoms with van der Waals surface area (Å²) in [6.07, 6.45) is 0.451. The third-order valence-electron chi connectivity index (χ3n) is 4.84. The van der Waals surface area contributed by atoms with Crippen molar-refractivity contribution in [2.75, 3.05) is 26.9 Å². The van der Waals surface area contributed by atoms with E-state index in [1.807, 2.05) is 0 Å². The second-order valence-corrected chi connectivity index (χ2v) is 7.52. The second-order valence-electron chi connectivity index (χ2n) is 7.52. The lowest BCUT2D eigenvalue weighted by Gasteiger charge is -2.44. The van der Waals surface area contributed by atoms with Gasteiger partial charge < -0.3 is 33.8 Å². The first-order valence-electron chi connectivity index (χ1n) is 10.6. The zero-order valence-electron chi connectivity index (χ0n) is 18.0. The fourth-order valence-electron chi connectivity index (χ4n) is 3.06. The number of aliphatic hydroxyl groups is 2. The van der Waals surface area contributed by atoms with Crippen molar-refractivity contribution in [2.24, 2.45) is 0 Å². The predicted molar refractivity (Wildman–Crippen MR) is 108 cm³/mol. The highest BCUT2D eigenvalue weighted by Gasteiger charge is 2.53. The average molecular weight is 430 g/mol. The van der Waals surface area contributed by atoms with Crippen molar-refractivity contribution in [3.05, 3.63) is 0 Å². The van der Waals surface area contributed by atoms with E-state index in [4.69, 9.17) is 27.0 Å². The summed E-state index contributed by atoms with van der Waals surface area (Å²) in [7, 11) is 6.56. The fraction of sp³-hybridized carbons (Fsp3) is 0.900. The Morgan fingerprint density at radius 3 is 2.13 bits per heavy atom. The molecular weight excluding hydrogens is 395 g/mol. The third-order valence-corrected chi connectivity index (χ3v) is 4.84. The molecule has 1 saturated carbocycles. The van der Waals surface area contributed by atoms with Crippen molar-refractivity contribution in [3.8, 4) is 0 Å². The molecular formula is C20H35BO9. The molecule has 0 saturated heterocycles. The molecule has 0 bridgehead atoms. The maximum absolute atomic E-state index is 11.9. The number of carbonyl (C=O) groups excluding carboxylic acids is 2. The topological polar surface area (TPSA) is 121 Å². The van der Waals surface area contributed by atoms with Gasteiger partial charge in [0.15, 0.2) is 6.10 Å². The fourth-order valence-corrected chi connectivity index (χ4v) is 3.06. The van der Waals surface area contributed by atoms with E-state index in [9.17, 15) is 19.8 Å². The number of carbonyl (C=O) groups is 2.